The Morgan fingerprint density at radius 3 is 1.20 bits per heavy atom. The molecular formula is C34H50O6. The minimum Gasteiger partial charge on any atom is -0.507 e. The molecule has 0 amide bonds. The van der Waals surface area contributed by atoms with Crippen LogP contribution in [0.25, 0.3) is 0 Å². The second kappa shape index (κ2) is 19.9. The highest BCUT2D eigenvalue weighted by molar-refractivity contribution is 6.50. The normalized spacial score (nSPS) is 10.9. The topological polar surface area (TPSA) is 93.1 Å². The summed E-state index contributed by atoms with van der Waals surface area (Å²) < 4.78 is 11.6. The van der Waals surface area contributed by atoms with E-state index in [1.54, 1.807) is 12.1 Å². The van der Waals surface area contributed by atoms with Crippen molar-refractivity contribution in [2.45, 2.75) is 117 Å². The van der Waals surface area contributed by atoms with Gasteiger partial charge in [0, 0.05) is 0 Å². The third-order valence-corrected chi connectivity index (χ3v) is 7.16. The molecule has 2 rings (SSSR count). The Balaban J connectivity index is 1.84. The SMILES string of the molecule is CCCCCCCCCCOc1ccc(O)c(C(=O)C(=O)c2cc(OCCCCCCCCCC)ccc2O)c1. The number of aromatic hydroxyl groups is 2. The van der Waals surface area contributed by atoms with Gasteiger partial charge in [-0.25, -0.2) is 0 Å². The van der Waals surface area contributed by atoms with Crippen molar-refractivity contribution in [3.05, 3.63) is 47.5 Å². The Morgan fingerprint density at radius 1 is 0.525 bits per heavy atom. The summed E-state index contributed by atoms with van der Waals surface area (Å²) in [6.07, 6.45) is 19.0. The first-order valence-electron chi connectivity index (χ1n) is 15.5. The molecule has 0 aliphatic carbocycles. The van der Waals surface area contributed by atoms with Crippen molar-refractivity contribution >= 4 is 11.6 Å². The van der Waals surface area contributed by atoms with E-state index < -0.39 is 11.6 Å². The Bertz CT molecular complexity index is 934. The molecule has 0 bridgehead atoms. The number of carbonyl (C=O) groups excluding carboxylic acids is 2. The van der Waals surface area contributed by atoms with E-state index in [9.17, 15) is 19.8 Å². The number of rotatable bonds is 23. The van der Waals surface area contributed by atoms with Crippen molar-refractivity contribution in [1.29, 1.82) is 0 Å². The number of hydrogen-bond donors (Lipinski definition) is 2. The van der Waals surface area contributed by atoms with Crippen molar-refractivity contribution in [2.24, 2.45) is 0 Å². The third kappa shape index (κ3) is 12.4. The summed E-state index contributed by atoms with van der Waals surface area (Å²) in [5.74, 6) is -1.60. The van der Waals surface area contributed by atoms with Gasteiger partial charge in [-0.2, -0.15) is 0 Å². The number of benzene rings is 2. The summed E-state index contributed by atoms with van der Waals surface area (Å²) in [5, 5.41) is 20.6. The van der Waals surface area contributed by atoms with Crippen LogP contribution in [-0.2, 0) is 0 Å². The first-order chi connectivity index (χ1) is 19.5. The van der Waals surface area contributed by atoms with Crippen molar-refractivity contribution < 1.29 is 29.3 Å². The smallest absolute Gasteiger partial charge is 0.237 e. The number of phenolic OH excluding ortho intramolecular Hbond substituents is 2. The predicted molar refractivity (Wildman–Crippen MR) is 161 cm³/mol. The average molecular weight is 555 g/mol. The summed E-state index contributed by atoms with van der Waals surface area (Å²) in [6.45, 7) is 5.43. The molecule has 0 saturated carbocycles. The number of unbranched alkanes of at least 4 members (excludes halogenated alkanes) is 14. The molecule has 0 atom stereocenters. The molecule has 0 saturated heterocycles. The molecule has 0 heterocycles. The molecule has 0 aliphatic heterocycles. The number of phenols is 2. The second-order valence-electron chi connectivity index (χ2n) is 10.7. The molecule has 0 aliphatic rings. The minimum atomic E-state index is -0.912. The van der Waals surface area contributed by atoms with Crippen LogP contribution in [0.4, 0.5) is 0 Å². The largest absolute Gasteiger partial charge is 0.507 e. The molecule has 2 aromatic carbocycles. The number of ether oxygens (including phenoxy) is 2. The van der Waals surface area contributed by atoms with Crippen molar-refractivity contribution in [3.8, 4) is 23.0 Å². The molecular weight excluding hydrogens is 504 g/mol. The molecule has 0 aromatic heterocycles. The van der Waals surface area contributed by atoms with Crippen molar-refractivity contribution in [3.63, 3.8) is 0 Å². The minimum absolute atomic E-state index is 0.150. The van der Waals surface area contributed by atoms with Crippen LogP contribution < -0.4 is 9.47 Å². The maximum Gasteiger partial charge on any atom is 0.237 e. The highest BCUT2D eigenvalue weighted by Crippen LogP contribution is 2.29. The second-order valence-corrected chi connectivity index (χ2v) is 10.7. The number of hydrogen-bond acceptors (Lipinski definition) is 6. The summed E-state index contributed by atoms with van der Waals surface area (Å²) in [7, 11) is 0. The van der Waals surface area contributed by atoms with E-state index in [4.69, 9.17) is 9.47 Å². The number of ketones is 2. The lowest BCUT2D eigenvalue weighted by molar-refractivity contribution is 0.0813. The maximum atomic E-state index is 13.0. The first kappa shape index (κ1) is 33.2. The van der Waals surface area contributed by atoms with Gasteiger partial charge in [0.15, 0.2) is 0 Å². The number of carbonyl (C=O) groups is 2. The summed E-state index contributed by atoms with van der Waals surface area (Å²) >= 11 is 0. The molecule has 0 fully saturated rings. The Kier molecular flexibility index (Phi) is 16.5. The van der Waals surface area contributed by atoms with Gasteiger partial charge >= 0.3 is 0 Å². The first-order valence-corrected chi connectivity index (χ1v) is 15.5. The van der Waals surface area contributed by atoms with E-state index in [2.05, 4.69) is 13.8 Å². The Hall–Kier alpha value is -3.02. The van der Waals surface area contributed by atoms with Crippen molar-refractivity contribution in [1.82, 2.24) is 0 Å². The molecule has 222 valence electrons. The van der Waals surface area contributed by atoms with Gasteiger partial charge in [-0.05, 0) is 49.2 Å². The van der Waals surface area contributed by atoms with E-state index in [1.807, 2.05) is 0 Å². The lowest BCUT2D eigenvalue weighted by Gasteiger charge is -2.11. The Morgan fingerprint density at radius 2 is 0.850 bits per heavy atom. The van der Waals surface area contributed by atoms with E-state index in [0.29, 0.717) is 24.7 Å². The predicted octanol–water partition coefficient (Wildman–Crippen LogP) is 9.20. The fourth-order valence-electron chi connectivity index (χ4n) is 4.67. The monoisotopic (exact) mass is 554 g/mol. The highest BCUT2D eigenvalue weighted by Gasteiger charge is 2.25. The molecule has 0 radical (unpaired) electrons. The standard InChI is InChI=1S/C34H50O6/c1-3-5-7-9-11-13-15-17-23-39-27-19-21-31(35)29(25-27)33(37)34(38)30-26-28(20-22-32(30)36)40-24-18-16-14-12-10-8-6-4-2/h19-22,25-26,35-36H,3-18,23-24H2,1-2H3. The molecule has 2 aromatic rings. The van der Waals surface area contributed by atoms with Gasteiger partial charge in [0.05, 0.1) is 24.3 Å². The summed E-state index contributed by atoms with van der Waals surface area (Å²) in [4.78, 5) is 26.0. The van der Waals surface area contributed by atoms with Gasteiger partial charge in [-0.15, -0.1) is 0 Å². The van der Waals surface area contributed by atoms with Gasteiger partial charge in [-0.1, -0.05) is 104 Å². The lowest BCUT2D eigenvalue weighted by atomic mass is 9.99. The van der Waals surface area contributed by atoms with Crippen LogP contribution in [-0.4, -0.2) is 35.0 Å². The lowest BCUT2D eigenvalue weighted by Crippen LogP contribution is -2.15. The van der Waals surface area contributed by atoms with E-state index in [-0.39, 0.29) is 22.6 Å². The van der Waals surface area contributed by atoms with Crippen LogP contribution in [0.3, 0.4) is 0 Å². The molecule has 40 heavy (non-hydrogen) atoms. The summed E-state index contributed by atoms with van der Waals surface area (Å²) in [5.41, 5.74) is -0.300. The van der Waals surface area contributed by atoms with Crippen LogP contribution in [0.15, 0.2) is 36.4 Å². The molecule has 6 nitrogen and oxygen atoms in total. The fourth-order valence-corrected chi connectivity index (χ4v) is 4.67. The zero-order valence-corrected chi connectivity index (χ0v) is 24.7. The van der Waals surface area contributed by atoms with E-state index in [0.717, 1.165) is 25.7 Å². The van der Waals surface area contributed by atoms with Crippen LogP contribution in [0.5, 0.6) is 23.0 Å². The van der Waals surface area contributed by atoms with Gasteiger partial charge in [0.1, 0.15) is 23.0 Å². The van der Waals surface area contributed by atoms with Gasteiger partial charge in [0.25, 0.3) is 0 Å². The average Bonchev–Trinajstić information content (AvgIpc) is 2.96. The van der Waals surface area contributed by atoms with Crippen LogP contribution in [0, 0.1) is 0 Å². The van der Waals surface area contributed by atoms with Gasteiger partial charge in [0.2, 0.25) is 11.6 Å². The Labute approximate surface area is 241 Å². The molecule has 0 unspecified atom stereocenters. The van der Waals surface area contributed by atoms with E-state index >= 15 is 0 Å². The zero-order chi connectivity index (χ0) is 29.0. The summed E-state index contributed by atoms with van der Waals surface area (Å²) in [6, 6.07) is 8.65. The fraction of sp³-hybridized carbons (Fsp3) is 0.588. The quantitative estimate of drug-likeness (QED) is 0.0808. The van der Waals surface area contributed by atoms with Crippen LogP contribution >= 0.6 is 0 Å². The third-order valence-electron chi connectivity index (χ3n) is 7.16. The number of Topliss-reactive ketones (excluding diaryl/α,β-unsaturated/α-hetero) is 2. The molecule has 0 spiro atoms. The molecule has 2 N–H and O–H groups in total. The van der Waals surface area contributed by atoms with E-state index in [1.165, 1.54) is 101 Å². The van der Waals surface area contributed by atoms with Gasteiger partial charge in [-0.3, -0.25) is 9.59 Å². The highest BCUT2D eigenvalue weighted by atomic mass is 16.5. The van der Waals surface area contributed by atoms with Crippen molar-refractivity contribution in [2.75, 3.05) is 13.2 Å². The van der Waals surface area contributed by atoms with Crippen LogP contribution in [0.2, 0.25) is 0 Å². The maximum absolute atomic E-state index is 13.0. The zero-order valence-electron chi connectivity index (χ0n) is 24.7. The van der Waals surface area contributed by atoms with Gasteiger partial charge < -0.3 is 19.7 Å². The van der Waals surface area contributed by atoms with Crippen LogP contribution in [0.1, 0.15) is 137 Å². The molecule has 6 heteroatoms.